The van der Waals surface area contributed by atoms with Crippen molar-refractivity contribution in [3.05, 3.63) is 50.2 Å². The molecule has 0 bridgehead atoms. The topological polar surface area (TPSA) is 93.2 Å². The lowest BCUT2D eigenvalue weighted by atomic mass is 9.99. The van der Waals surface area contributed by atoms with Crippen LogP contribution < -0.4 is 5.32 Å². The summed E-state index contributed by atoms with van der Waals surface area (Å²) in [6, 6.07) is 2.41. The van der Waals surface area contributed by atoms with E-state index in [0.717, 1.165) is 0 Å². The zero-order valence-corrected chi connectivity index (χ0v) is 13.4. The molecule has 7 nitrogen and oxygen atoms in total. The number of nitrogens with zero attached hydrogens (tertiary/aromatic N) is 3. The molecule has 0 fully saturated rings. The van der Waals surface area contributed by atoms with E-state index in [2.05, 4.69) is 10.4 Å². The summed E-state index contributed by atoms with van der Waals surface area (Å²) in [5, 5.41) is 28.4. The molecule has 1 atom stereocenters. The van der Waals surface area contributed by atoms with Gasteiger partial charge in [0.05, 0.1) is 26.9 Å². The minimum absolute atomic E-state index is 0.107. The van der Waals surface area contributed by atoms with E-state index in [-0.39, 0.29) is 22.3 Å². The molecule has 0 saturated carbocycles. The number of aromatic nitrogens is 2. The number of hydrogen-bond donors (Lipinski definition) is 2. The Kier molecular flexibility index (Phi) is 4.60. The van der Waals surface area contributed by atoms with Crippen molar-refractivity contribution in [3.63, 3.8) is 0 Å². The summed E-state index contributed by atoms with van der Waals surface area (Å²) in [6.45, 7) is 1.72. The Hall–Kier alpha value is -1.83. The normalized spacial score (nSPS) is 13.7. The summed E-state index contributed by atoms with van der Waals surface area (Å²) in [6.07, 6.45) is 3.25. The zero-order chi connectivity index (χ0) is 16.5. The Morgan fingerprint density at radius 3 is 2.50 bits per heavy atom. The summed E-state index contributed by atoms with van der Waals surface area (Å²) in [5.41, 5.74) is -0.447. The molecule has 22 heavy (non-hydrogen) atoms. The van der Waals surface area contributed by atoms with Gasteiger partial charge in [0.2, 0.25) is 0 Å². The fourth-order valence-electron chi connectivity index (χ4n) is 1.90. The third kappa shape index (κ3) is 3.49. The number of aliphatic hydroxyl groups is 1. The number of nitrogens with one attached hydrogen (secondary N) is 1. The summed E-state index contributed by atoms with van der Waals surface area (Å²) in [4.78, 5) is 10.2. The maximum absolute atomic E-state index is 10.7. The van der Waals surface area contributed by atoms with Crippen molar-refractivity contribution in [1.29, 1.82) is 0 Å². The largest absolute Gasteiger partial charge is 0.383 e. The van der Waals surface area contributed by atoms with E-state index in [1.165, 1.54) is 12.1 Å². The Bertz CT molecular complexity index is 692. The third-order valence-electron chi connectivity index (χ3n) is 3.17. The van der Waals surface area contributed by atoms with Gasteiger partial charge >= 0.3 is 0 Å². The number of benzene rings is 1. The Morgan fingerprint density at radius 1 is 1.45 bits per heavy atom. The van der Waals surface area contributed by atoms with Crippen LogP contribution in [-0.2, 0) is 12.6 Å². The lowest BCUT2D eigenvalue weighted by Gasteiger charge is -2.23. The number of aryl methyl sites for hydroxylation is 1. The number of halogens is 2. The molecule has 0 aliphatic heterocycles. The highest BCUT2D eigenvalue weighted by atomic mass is 35.5. The maximum Gasteiger partial charge on any atom is 0.272 e. The van der Waals surface area contributed by atoms with Gasteiger partial charge in [-0.3, -0.25) is 14.8 Å². The molecule has 0 spiro atoms. The van der Waals surface area contributed by atoms with Crippen LogP contribution in [0.1, 0.15) is 12.5 Å². The molecule has 2 rings (SSSR count). The fourth-order valence-corrected chi connectivity index (χ4v) is 2.51. The van der Waals surface area contributed by atoms with Crippen molar-refractivity contribution >= 4 is 34.6 Å². The third-order valence-corrected chi connectivity index (χ3v) is 3.77. The molecule has 2 N–H and O–H groups in total. The van der Waals surface area contributed by atoms with Crippen molar-refractivity contribution in [3.8, 4) is 0 Å². The van der Waals surface area contributed by atoms with Gasteiger partial charge in [0, 0.05) is 37.5 Å². The summed E-state index contributed by atoms with van der Waals surface area (Å²) >= 11 is 12.0. The van der Waals surface area contributed by atoms with Gasteiger partial charge in [-0.05, 0) is 6.92 Å². The van der Waals surface area contributed by atoms with Gasteiger partial charge in [0.1, 0.15) is 5.60 Å². The lowest BCUT2D eigenvalue weighted by Crippen LogP contribution is -2.30. The Morgan fingerprint density at radius 2 is 2.05 bits per heavy atom. The predicted molar refractivity (Wildman–Crippen MR) is 84.4 cm³/mol. The Balaban J connectivity index is 2.19. The van der Waals surface area contributed by atoms with Crippen LogP contribution in [-0.4, -0.2) is 26.4 Å². The highest BCUT2D eigenvalue weighted by molar-refractivity contribution is 6.39. The average molecular weight is 345 g/mol. The van der Waals surface area contributed by atoms with Gasteiger partial charge in [-0.25, -0.2) is 0 Å². The molecule has 0 saturated heterocycles. The highest BCUT2D eigenvalue weighted by Gasteiger charge is 2.25. The van der Waals surface area contributed by atoms with Crippen molar-refractivity contribution < 1.29 is 10.0 Å². The van der Waals surface area contributed by atoms with Crippen LogP contribution in [0.3, 0.4) is 0 Å². The van der Waals surface area contributed by atoms with E-state index < -0.39 is 10.5 Å². The van der Waals surface area contributed by atoms with Crippen LogP contribution in [0.25, 0.3) is 0 Å². The van der Waals surface area contributed by atoms with E-state index >= 15 is 0 Å². The fraction of sp³-hybridized carbons (Fsp3) is 0.308. The Labute approximate surface area is 136 Å². The van der Waals surface area contributed by atoms with Gasteiger partial charge < -0.3 is 10.4 Å². The first-order valence-corrected chi connectivity index (χ1v) is 7.05. The summed E-state index contributed by atoms with van der Waals surface area (Å²) < 4.78 is 1.58. The molecule has 1 unspecified atom stereocenters. The second-order valence-corrected chi connectivity index (χ2v) is 5.89. The van der Waals surface area contributed by atoms with Gasteiger partial charge in [-0.1, -0.05) is 23.2 Å². The van der Waals surface area contributed by atoms with Crippen molar-refractivity contribution in [2.24, 2.45) is 7.05 Å². The second kappa shape index (κ2) is 6.12. The van der Waals surface area contributed by atoms with E-state index in [1.807, 2.05) is 0 Å². The molecule has 1 heterocycles. The number of nitro groups is 1. The lowest BCUT2D eigenvalue weighted by molar-refractivity contribution is -0.384. The molecule has 0 aliphatic carbocycles. The standard InChI is InChI=1S/C13H14Cl2N4O3/c1-13(20,8-5-17-18(2)6-8)7-16-12-10(14)3-9(19(21)22)4-11(12)15/h3-6,16,20H,7H2,1-2H3. The van der Waals surface area contributed by atoms with Crippen molar-refractivity contribution in [2.75, 3.05) is 11.9 Å². The first-order chi connectivity index (χ1) is 10.2. The zero-order valence-electron chi connectivity index (χ0n) is 11.9. The second-order valence-electron chi connectivity index (χ2n) is 5.07. The number of hydrogen-bond acceptors (Lipinski definition) is 5. The number of non-ortho nitro benzene ring substituents is 1. The van der Waals surface area contributed by atoms with E-state index in [4.69, 9.17) is 23.2 Å². The highest BCUT2D eigenvalue weighted by Crippen LogP contribution is 2.35. The SMILES string of the molecule is Cn1cc(C(C)(O)CNc2c(Cl)cc([N+](=O)[O-])cc2Cl)cn1. The molecule has 0 aliphatic rings. The van der Waals surface area contributed by atoms with Gasteiger partial charge in [0.25, 0.3) is 5.69 Å². The van der Waals surface area contributed by atoms with E-state index in [1.54, 1.807) is 31.0 Å². The molecule has 2 aromatic rings. The number of nitro benzene ring substituents is 1. The monoisotopic (exact) mass is 344 g/mol. The molecule has 118 valence electrons. The van der Waals surface area contributed by atoms with Crippen molar-refractivity contribution in [2.45, 2.75) is 12.5 Å². The van der Waals surface area contributed by atoms with Crippen LogP contribution in [0.4, 0.5) is 11.4 Å². The average Bonchev–Trinajstić information content (AvgIpc) is 2.85. The van der Waals surface area contributed by atoms with Crippen LogP contribution in [0, 0.1) is 10.1 Å². The molecule has 1 aromatic heterocycles. The molecule has 0 radical (unpaired) electrons. The van der Waals surface area contributed by atoms with E-state index in [9.17, 15) is 15.2 Å². The quantitative estimate of drug-likeness (QED) is 0.642. The predicted octanol–water partition coefficient (Wildman–Crippen LogP) is 2.95. The number of rotatable bonds is 5. The van der Waals surface area contributed by atoms with Crippen LogP contribution >= 0.6 is 23.2 Å². The van der Waals surface area contributed by atoms with E-state index in [0.29, 0.717) is 11.3 Å². The van der Waals surface area contributed by atoms with Crippen LogP contribution in [0.15, 0.2) is 24.5 Å². The smallest absolute Gasteiger partial charge is 0.272 e. The van der Waals surface area contributed by atoms with Crippen molar-refractivity contribution in [1.82, 2.24) is 9.78 Å². The molecular formula is C13H14Cl2N4O3. The summed E-state index contributed by atoms with van der Waals surface area (Å²) in [5.74, 6) is 0. The minimum atomic E-state index is -1.21. The van der Waals surface area contributed by atoms with Crippen LogP contribution in [0.2, 0.25) is 10.0 Å². The molecule has 0 amide bonds. The first-order valence-electron chi connectivity index (χ1n) is 6.29. The minimum Gasteiger partial charge on any atom is -0.383 e. The maximum atomic E-state index is 10.7. The first kappa shape index (κ1) is 16.5. The van der Waals surface area contributed by atoms with Gasteiger partial charge in [-0.15, -0.1) is 0 Å². The van der Waals surface area contributed by atoms with Crippen LogP contribution in [0.5, 0.6) is 0 Å². The molecule has 1 aromatic carbocycles. The number of anilines is 1. The van der Waals surface area contributed by atoms with Gasteiger partial charge in [0.15, 0.2) is 0 Å². The summed E-state index contributed by atoms with van der Waals surface area (Å²) in [7, 11) is 1.75. The molecule has 9 heteroatoms. The van der Waals surface area contributed by atoms with Gasteiger partial charge in [-0.2, -0.15) is 5.10 Å². The molecular weight excluding hydrogens is 331 g/mol.